The Hall–Kier alpha value is -4.15. The fourth-order valence-electron chi connectivity index (χ4n) is 3.45. The maximum Gasteiger partial charge on any atom is 0.152 e. The summed E-state index contributed by atoms with van der Waals surface area (Å²) in [5.74, 6) is -0.0488. The molecule has 0 aliphatic heterocycles. The van der Waals surface area contributed by atoms with Gasteiger partial charge in [0, 0.05) is 12.4 Å². The molecule has 5 aromatic carbocycles. The molecule has 0 aliphatic carbocycles. The summed E-state index contributed by atoms with van der Waals surface area (Å²) in [6, 6.07) is 32.7. The molecule has 5 rings (SSSR count). The van der Waals surface area contributed by atoms with Crippen molar-refractivity contribution in [2.75, 3.05) is 7.05 Å². The van der Waals surface area contributed by atoms with Crippen molar-refractivity contribution in [1.82, 2.24) is 0 Å². The molecule has 47 heavy (non-hydrogen) atoms. The van der Waals surface area contributed by atoms with E-state index in [4.69, 9.17) is 5.26 Å². The number of fused-ring (bicyclic) bond motifs is 2. The zero-order chi connectivity index (χ0) is 35.9. The number of aromatic hydroxyl groups is 1. The second-order valence-electron chi connectivity index (χ2n) is 8.09. The van der Waals surface area contributed by atoms with E-state index < -0.39 is 0 Å². The highest BCUT2D eigenvalue weighted by molar-refractivity contribution is 7.94. The number of rotatable bonds is 6. The van der Waals surface area contributed by atoms with Crippen LogP contribution in [0.25, 0.3) is 21.5 Å². The minimum Gasteiger partial charge on any atom is -0.505 e. The van der Waals surface area contributed by atoms with E-state index >= 15 is 0 Å². The molecule has 0 atom stereocenters. The normalized spacial score (nSPS) is 9.53. The topological polar surface area (TPSA) is 108 Å². The van der Waals surface area contributed by atoms with Crippen LogP contribution in [0.15, 0.2) is 128 Å². The van der Waals surface area contributed by atoms with Gasteiger partial charge >= 0.3 is 0 Å². The van der Waals surface area contributed by atoms with Crippen molar-refractivity contribution in [1.29, 1.82) is 0 Å². The summed E-state index contributed by atoms with van der Waals surface area (Å²) in [6.45, 7) is 20.2. The van der Waals surface area contributed by atoms with Crippen LogP contribution in [0.5, 0.6) is 5.75 Å². The molecule has 0 saturated carbocycles. The first-order valence-electron chi connectivity index (χ1n) is 16.3. The lowest BCUT2D eigenvalue weighted by molar-refractivity contribution is -0.432. The van der Waals surface area contributed by atoms with Crippen LogP contribution in [0, 0.1) is 0 Å². The number of nitrogens with zero attached hydrogens (tertiary/aromatic N) is 4. The highest BCUT2D eigenvalue weighted by Gasteiger charge is 2.14. The lowest BCUT2D eigenvalue weighted by atomic mass is 10.1. The van der Waals surface area contributed by atoms with Gasteiger partial charge < -0.3 is 5.11 Å². The predicted octanol–water partition coefficient (Wildman–Crippen LogP) is 14.5. The van der Waals surface area contributed by atoms with Gasteiger partial charge in [-0.05, 0) is 46.5 Å². The van der Waals surface area contributed by atoms with Crippen molar-refractivity contribution < 1.29 is 19.7 Å². The van der Waals surface area contributed by atoms with Crippen molar-refractivity contribution in [2.45, 2.75) is 80.6 Å². The van der Waals surface area contributed by atoms with Crippen LogP contribution in [0.4, 0.5) is 17.1 Å². The molecule has 0 bridgehead atoms. The van der Waals surface area contributed by atoms with E-state index in [-0.39, 0.29) is 11.4 Å². The van der Waals surface area contributed by atoms with Crippen LogP contribution < -0.4 is 0 Å². The minimum absolute atomic E-state index is 0.0488. The molecular formula is C38H54N4O4S. The first-order valence-corrected chi connectivity index (χ1v) is 17.0. The Kier molecular flexibility index (Phi) is 29.2. The summed E-state index contributed by atoms with van der Waals surface area (Å²) in [4.78, 5) is 0.426. The Bertz CT molecular complexity index is 1460. The standard InChI is InChI=1S/C17H14N4O4S.C10H8.C3H8.4C2H6/c1-18-19-12-6-8-13(9-7-12)20-21-16-15(26-25-24-23)10-11-4-2-3-5-14(11)17(16)22;1-2-6-10-8-4-3-7-9(10)5-1;1-3-2;4*1-2/h2-10,22-23H,1H3;1-8H;3H2,1-2H3;4*1-2H3. The van der Waals surface area contributed by atoms with Crippen molar-refractivity contribution in [2.24, 2.45) is 20.5 Å². The Morgan fingerprint density at radius 2 is 1.00 bits per heavy atom. The third-order valence-electron chi connectivity index (χ3n) is 5.10. The fourth-order valence-corrected chi connectivity index (χ4v) is 3.94. The Balaban J connectivity index is 0. The van der Waals surface area contributed by atoms with Crippen LogP contribution >= 0.6 is 12.0 Å². The zero-order valence-corrected chi connectivity index (χ0v) is 30.7. The molecule has 0 saturated heterocycles. The number of phenolic OH excluding ortho intramolecular Hbond substituents is 1. The average Bonchev–Trinajstić information content (AvgIpc) is 3.15. The van der Waals surface area contributed by atoms with Crippen molar-refractivity contribution in [3.05, 3.63) is 103 Å². The van der Waals surface area contributed by atoms with Gasteiger partial charge in [0.25, 0.3) is 0 Å². The van der Waals surface area contributed by atoms with E-state index in [9.17, 15) is 5.11 Å². The molecule has 0 spiro atoms. The molecule has 0 amide bonds. The van der Waals surface area contributed by atoms with Gasteiger partial charge in [-0.3, -0.25) is 0 Å². The van der Waals surface area contributed by atoms with E-state index in [2.05, 4.69) is 92.2 Å². The molecule has 0 radical (unpaired) electrons. The Morgan fingerprint density at radius 3 is 1.43 bits per heavy atom. The molecule has 0 heterocycles. The number of phenols is 1. The molecule has 0 fully saturated rings. The maximum absolute atomic E-state index is 10.6. The molecule has 8 nitrogen and oxygen atoms in total. The summed E-state index contributed by atoms with van der Waals surface area (Å²) in [5, 5.41) is 42.5. The molecule has 9 heteroatoms. The quantitative estimate of drug-likeness (QED) is 0.0814. The largest absolute Gasteiger partial charge is 0.505 e. The van der Waals surface area contributed by atoms with Gasteiger partial charge in [0.05, 0.1) is 28.3 Å². The summed E-state index contributed by atoms with van der Waals surface area (Å²) in [7, 11) is 1.59. The lowest BCUT2D eigenvalue weighted by Gasteiger charge is -2.08. The number of hydrogen-bond acceptors (Lipinski definition) is 9. The van der Waals surface area contributed by atoms with Crippen molar-refractivity contribution >= 4 is 50.6 Å². The van der Waals surface area contributed by atoms with Gasteiger partial charge in [0.15, 0.2) is 5.75 Å². The van der Waals surface area contributed by atoms with E-state index in [1.807, 2.05) is 73.6 Å². The zero-order valence-electron chi connectivity index (χ0n) is 29.9. The number of hydrogen-bond donors (Lipinski definition) is 2. The first kappa shape index (κ1) is 45.0. The van der Waals surface area contributed by atoms with Crippen molar-refractivity contribution in [3.8, 4) is 5.75 Å². The molecule has 0 aliphatic rings. The molecule has 0 unspecified atom stereocenters. The second-order valence-corrected chi connectivity index (χ2v) is 8.83. The number of benzene rings is 5. The van der Waals surface area contributed by atoms with E-state index in [0.29, 0.717) is 33.7 Å². The van der Waals surface area contributed by atoms with Gasteiger partial charge in [0.1, 0.15) is 5.69 Å². The van der Waals surface area contributed by atoms with Gasteiger partial charge in [-0.2, -0.15) is 15.3 Å². The van der Waals surface area contributed by atoms with Crippen LogP contribution in [-0.4, -0.2) is 17.4 Å². The summed E-state index contributed by atoms with van der Waals surface area (Å²) in [6.07, 6.45) is 1.25. The molecular weight excluding hydrogens is 609 g/mol. The van der Waals surface area contributed by atoms with Crippen molar-refractivity contribution in [3.63, 3.8) is 0 Å². The van der Waals surface area contributed by atoms with Crippen LogP contribution in [0.1, 0.15) is 75.7 Å². The van der Waals surface area contributed by atoms with Gasteiger partial charge in [-0.25, -0.2) is 5.26 Å². The van der Waals surface area contributed by atoms with Gasteiger partial charge in [-0.15, -0.1) is 9.45 Å². The highest BCUT2D eigenvalue weighted by Crippen LogP contribution is 2.43. The summed E-state index contributed by atoms with van der Waals surface area (Å²) < 4.78 is 4.50. The molecule has 5 aromatic rings. The minimum atomic E-state index is -0.0488. The van der Waals surface area contributed by atoms with E-state index in [0.717, 1.165) is 5.39 Å². The van der Waals surface area contributed by atoms with Crippen LogP contribution in [0.3, 0.4) is 0 Å². The summed E-state index contributed by atoms with van der Waals surface area (Å²) >= 11 is 0.707. The predicted molar refractivity (Wildman–Crippen MR) is 203 cm³/mol. The van der Waals surface area contributed by atoms with Gasteiger partial charge in [-0.1, -0.05) is 153 Å². The summed E-state index contributed by atoms with van der Waals surface area (Å²) in [5.41, 5.74) is 1.47. The SMILES string of the molecule is CC.CC.CC.CC.CCC.CN=Nc1ccc(N=Nc2c(SOOO)cc3ccccc3c2O)cc1.c1ccc2ccccc2c1. The Morgan fingerprint density at radius 1 is 0.596 bits per heavy atom. The molecule has 0 aromatic heterocycles. The first-order chi connectivity index (χ1) is 23.1. The van der Waals surface area contributed by atoms with Gasteiger partial charge in [0.2, 0.25) is 0 Å². The van der Waals surface area contributed by atoms with Crippen LogP contribution in [0.2, 0.25) is 0 Å². The smallest absolute Gasteiger partial charge is 0.152 e. The fraction of sp³-hybridized carbons (Fsp3) is 0.316. The monoisotopic (exact) mass is 662 g/mol. The van der Waals surface area contributed by atoms with E-state index in [1.54, 1.807) is 43.4 Å². The third-order valence-corrected chi connectivity index (χ3v) is 5.72. The average molecular weight is 663 g/mol. The number of azo groups is 2. The lowest BCUT2D eigenvalue weighted by Crippen LogP contribution is -1.83. The second kappa shape index (κ2) is 30.5. The Labute approximate surface area is 286 Å². The highest BCUT2D eigenvalue weighted by atomic mass is 32.2. The molecule has 2 N–H and O–H groups in total. The maximum atomic E-state index is 10.6. The molecule has 256 valence electrons. The third kappa shape index (κ3) is 16.8. The van der Waals surface area contributed by atoms with E-state index in [1.165, 1.54) is 17.2 Å². The van der Waals surface area contributed by atoms with Crippen LogP contribution in [-0.2, 0) is 9.37 Å².